The molecule has 2 bridgehead atoms. The Morgan fingerprint density at radius 1 is 0.963 bits per heavy atom. The van der Waals surface area contributed by atoms with E-state index in [0.717, 1.165) is 32.4 Å². The van der Waals surface area contributed by atoms with Crippen LogP contribution in [0.3, 0.4) is 0 Å². The minimum absolute atomic E-state index is 0.00318. The van der Waals surface area contributed by atoms with Gasteiger partial charge in [-0.3, -0.25) is 19.3 Å². The van der Waals surface area contributed by atoms with Crippen LogP contribution < -0.4 is 4.90 Å². The normalized spacial score (nSPS) is 28.1. The molecule has 1 saturated heterocycles. The molecule has 2 fully saturated rings. The van der Waals surface area contributed by atoms with Gasteiger partial charge < -0.3 is 4.90 Å². The molecule has 4 atom stereocenters. The van der Waals surface area contributed by atoms with Gasteiger partial charge in [0.2, 0.25) is 11.8 Å². The molecule has 1 aliphatic heterocycles. The van der Waals surface area contributed by atoms with Crippen LogP contribution in [0.4, 0.5) is 5.69 Å². The van der Waals surface area contributed by atoms with E-state index in [1.54, 1.807) is 24.3 Å². The number of allylic oxidation sites excluding steroid dienone is 2. The summed E-state index contributed by atoms with van der Waals surface area (Å²) in [6.07, 6.45) is 6.95. The maximum absolute atomic E-state index is 12.9. The lowest BCUT2D eigenvalue weighted by Crippen LogP contribution is -2.33. The number of nitrogens with zero attached hydrogens (tertiary/aromatic N) is 2. The number of anilines is 1. The molecule has 27 heavy (non-hydrogen) atoms. The smallest absolute Gasteiger partial charge is 0.253 e. The van der Waals surface area contributed by atoms with Crippen LogP contribution in [0.1, 0.15) is 43.5 Å². The van der Waals surface area contributed by atoms with Gasteiger partial charge in [-0.2, -0.15) is 0 Å². The van der Waals surface area contributed by atoms with Gasteiger partial charge in [0.15, 0.2) is 0 Å². The fourth-order valence-electron chi connectivity index (χ4n) is 4.95. The molecule has 3 amide bonds. The van der Waals surface area contributed by atoms with Crippen LogP contribution in [0.5, 0.6) is 0 Å². The minimum atomic E-state index is -0.196. The number of hydrogen-bond acceptors (Lipinski definition) is 3. The van der Waals surface area contributed by atoms with Crippen molar-refractivity contribution in [3.8, 4) is 0 Å². The molecule has 1 aromatic rings. The van der Waals surface area contributed by atoms with Crippen molar-refractivity contribution in [2.24, 2.45) is 23.7 Å². The van der Waals surface area contributed by atoms with Crippen molar-refractivity contribution in [3.63, 3.8) is 0 Å². The number of imide groups is 1. The third kappa shape index (κ3) is 2.80. The van der Waals surface area contributed by atoms with E-state index in [4.69, 9.17) is 0 Å². The number of amides is 3. The highest BCUT2D eigenvalue weighted by Gasteiger charge is 2.59. The Morgan fingerprint density at radius 3 is 1.96 bits per heavy atom. The zero-order valence-corrected chi connectivity index (χ0v) is 15.9. The second-order valence-corrected chi connectivity index (χ2v) is 7.85. The van der Waals surface area contributed by atoms with E-state index >= 15 is 0 Å². The van der Waals surface area contributed by atoms with Gasteiger partial charge in [0.05, 0.1) is 17.5 Å². The maximum Gasteiger partial charge on any atom is 0.253 e. The van der Waals surface area contributed by atoms with Crippen molar-refractivity contribution in [2.75, 3.05) is 18.0 Å². The number of hydrogen-bond donors (Lipinski definition) is 0. The van der Waals surface area contributed by atoms with E-state index in [2.05, 4.69) is 26.0 Å². The summed E-state index contributed by atoms with van der Waals surface area (Å²) in [5, 5.41) is 0. The average molecular weight is 366 g/mol. The Kier molecular flexibility index (Phi) is 4.62. The van der Waals surface area contributed by atoms with E-state index < -0.39 is 0 Å². The molecule has 5 nitrogen and oxygen atoms in total. The van der Waals surface area contributed by atoms with Crippen molar-refractivity contribution >= 4 is 23.4 Å². The lowest BCUT2D eigenvalue weighted by Gasteiger charge is -2.22. The molecule has 5 heteroatoms. The number of carbonyl (C=O) groups is 3. The topological polar surface area (TPSA) is 57.7 Å². The highest BCUT2D eigenvalue weighted by molar-refractivity contribution is 6.22. The molecule has 3 aliphatic rings. The molecule has 1 aromatic carbocycles. The molecule has 0 aromatic heterocycles. The Labute approximate surface area is 160 Å². The average Bonchev–Trinajstić information content (AvgIpc) is 3.35. The first-order valence-corrected chi connectivity index (χ1v) is 10.0. The summed E-state index contributed by atoms with van der Waals surface area (Å²) >= 11 is 0. The third-order valence-electron chi connectivity index (χ3n) is 6.12. The third-order valence-corrected chi connectivity index (χ3v) is 6.12. The van der Waals surface area contributed by atoms with Gasteiger partial charge in [-0.05, 0) is 55.4 Å². The van der Waals surface area contributed by atoms with Crippen molar-refractivity contribution in [1.82, 2.24) is 4.90 Å². The zero-order chi connectivity index (χ0) is 19.1. The second-order valence-electron chi connectivity index (χ2n) is 7.85. The van der Waals surface area contributed by atoms with Crippen LogP contribution in [-0.2, 0) is 9.59 Å². The summed E-state index contributed by atoms with van der Waals surface area (Å²) in [5.41, 5.74) is 1.18. The Morgan fingerprint density at radius 2 is 1.48 bits per heavy atom. The van der Waals surface area contributed by atoms with Crippen LogP contribution in [-0.4, -0.2) is 35.7 Å². The van der Waals surface area contributed by atoms with Crippen molar-refractivity contribution in [1.29, 1.82) is 0 Å². The van der Waals surface area contributed by atoms with Gasteiger partial charge in [0.25, 0.3) is 5.91 Å². The van der Waals surface area contributed by atoms with E-state index in [0.29, 0.717) is 11.3 Å². The Balaban J connectivity index is 1.54. The van der Waals surface area contributed by atoms with Gasteiger partial charge in [0.1, 0.15) is 0 Å². The highest BCUT2D eigenvalue weighted by Crippen LogP contribution is 2.53. The summed E-state index contributed by atoms with van der Waals surface area (Å²) in [4.78, 5) is 41.7. The van der Waals surface area contributed by atoms with Crippen LogP contribution in [0.2, 0.25) is 0 Å². The molecule has 0 N–H and O–H groups in total. The quantitative estimate of drug-likeness (QED) is 0.574. The molecule has 1 heterocycles. The van der Waals surface area contributed by atoms with E-state index in [9.17, 15) is 14.4 Å². The first-order valence-electron chi connectivity index (χ1n) is 10.0. The molecule has 142 valence electrons. The number of rotatable bonds is 6. The summed E-state index contributed by atoms with van der Waals surface area (Å²) in [5.74, 6) is -0.141. The van der Waals surface area contributed by atoms with Gasteiger partial charge >= 0.3 is 0 Å². The molecule has 4 rings (SSSR count). The second kappa shape index (κ2) is 6.95. The molecular weight excluding hydrogens is 340 g/mol. The van der Waals surface area contributed by atoms with Crippen molar-refractivity contribution in [3.05, 3.63) is 42.0 Å². The van der Waals surface area contributed by atoms with Crippen LogP contribution in [0.15, 0.2) is 36.4 Å². The largest absolute Gasteiger partial charge is 0.339 e. The first-order chi connectivity index (χ1) is 13.1. The molecular formula is C22H26N2O3. The molecule has 0 spiro atoms. The molecule has 0 unspecified atom stereocenters. The molecule has 0 radical (unpaired) electrons. The SMILES string of the molecule is CCCN(CCC)C(=O)c1ccc(N2C(=O)[C@@H]3[C@H](C2=O)[C@@H]2C=C[C@@H]3C2)cc1. The zero-order valence-electron chi connectivity index (χ0n) is 15.9. The lowest BCUT2D eigenvalue weighted by molar-refractivity contribution is -0.123. The van der Waals surface area contributed by atoms with Crippen molar-refractivity contribution in [2.45, 2.75) is 33.1 Å². The van der Waals surface area contributed by atoms with Gasteiger partial charge in [-0.15, -0.1) is 0 Å². The van der Waals surface area contributed by atoms with Crippen LogP contribution >= 0.6 is 0 Å². The summed E-state index contributed by atoms with van der Waals surface area (Å²) < 4.78 is 0. The summed E-state index contributed by atoms with van der Waals surface area (Å²) in [6.45, 7) is 5.58. The van der Waals surface area contributed by atoms with E-state index in [1.807, 2.05) is 4.90 Å². The fraction of sp³-hybridized carbons (Fsp3) is 0.500. The van der Waals surface area contributed by atoms with Crippen LogP contribution in [0.25, 0.3) is 0 Å². The summed E-state index contributed by atoms with van der Waals surface area (Å²) in [7, 11) is 0. The number of fused-ring (bicyclic) bond motifs is 5. The molecule has 2 aliphatic carbocycles. The number of benzene rings is 1. The van der Waals surface area contributed by atoms with Gasteiger partial charge in [0, 0.05) is 18.7 Å². The number of carbonyl (C=O) groups excluding carboxylic acids is 3. The Bertz CT molecular complexity index is 762. The summed E-state index contributed by atoms with van der Waals surface area (Å²) in [6, 6.07) is 6.93. The predicted octanol–water partition coefficient (Wildman–Crippen LogP) is 3.26. The minimum Gasteiger partial charge on any atom is -0.339 e. The van der Waals surface area contributed by atoms with Gasteiger partial charge in [-0.25, -0.2) is 0 Å². The van der Waals surface area contributed by atoms with Gasteiger partial charge in [-0.1, -0.05) is 26.0 Å². The first kappa shape index (κ1) is 18.0. The fourth-order valence-corrected chi connectivity index (χ4v) is 4.95. The molecule has 1 saturated carbocycles. The van der Waals surface area contributed by atoms with Crippen molar-refractivity contribution < 1.29 is 14.4 Å². The maximum atomic E-state index is 12.9. The van der Waals surface area contributed by atoms with Crippen LogP contribution in [0, 0.1) is 23.7 Å². The predicted molar refractivity (Wildman–Crippen MR) is 103 cm³/mol. The monoisotopic (exact) mass is 366 g/mol. The highest BCUT2D eigenvalue weighted by atomic mass is 16.2. The van der Waals surface area contributed by atoms with E-state index in [-0.39, 0.29) is 41.4 Å². The standard InChI is InChI=1S/C22H26N2O3/c1-3-11-23(12-4-2)20(25)14-7-9-17(10-8-14)24-21(26)18-15-5-6-16(13-15)19(18)22(24)27/h5-10,15-16,18-19H,3-4,11-13H2,1-2H3/t15-,16-,18-,19+/m1/s1. The Hall–Kier alpha value is -2.43. The van der Waals surface area contributed by atoms with E-state index in [1.165, 1.54) is 4.90 Å². The lowest BCUT2D eigenvalue weighted by atomic mass is 9.85.